The van der Waals surface area contributed by atoms with Crippen molar-refractivity contribution >= 4 is 46.6 Å². The van der Waals surface area contributed by atoms with E-state index >= 15 is 0 Å². The Morgan fingerprint density at radius 1 is 1.00 bits per heavy atom. The second-order valence-corrected chi connectivity index (χ2v) is 7.22. The van der Waals surface area contributed by atoms with Gasteiger partial charge in [-0.2, -0.15) is 0 Å². The number of carbonyl (C=O) groups is 2. The van der Waals surface area contributed by atoms with E-state index in [1.54, 1.807) is 22.7 Å². The minimum Gasteiger partial charge on any atom is -0.451 e. The van der Waals surface area contributed by atoms with Gasteiger partial charge in [0.15, 0.2) is 6.61 Å². The number of rotatable bonds is 3. The molecule has 1 aliphatic heterocycles. The number of halogens is 1. The SMILES string of the molecule is O=C(OCC(=O)N1c2ccccc2Sc2ccccc21)c1cc(Cl)ccn1. The van der Waals surface area contributed by atoms with Crippen molar-refractivity contribution in [3.05, 3.63) is 77.6 Å². The van der Waals surface area contributed by atoms with Gasteiger partial charge in [-0.1, -0.05) is 47.6 Å². The van der Waals surface area contributed by atoms with Crippen LogP contribution in [0.2, 0.25) is 5.02 Å². The number of hydrogen-bond donors (Lipinski definition) is 0. The first-order valence-electron chi connectivity index (χ1n) is 8.11. The van der Waals surface area contributed by atoms with Gasteiger partial charge in [-0.3, -0.25) is 9.69 Å². The Balaban J connectivity index is 1.58. The van der Waals surface area contributed by atoms with Gasteiger partial charge in [0.05, 0.1) is 11.4 Å². The average molecular weight is 397 g/mol. The van der Waals surface area contributed by atoms with E-state index < -0.39 is 12.6 Å². The molecule has 5 nitrogen and oxygen atoms in total. The van der Waals surface area contributed by atoms with Crippen LogP contribution >= 0.6 is 23.4 Å². The third-order valence-corrected chi connectivity index (χ3v) is 5.30. The quantitative estimate of drug-likeness (QED) is 0.599. The van der Waals surface area contributed by atoms with Gasteiger partial charge in [-0.05, 0) is 36.4 Å². The van der Waals surface area contributed by atoms with Crippen LogP contribution in [0.4, 0.5) is 11.4 Å². The van der Waals surface area contributed by atoms with Crippen molar-refractivity contribution in [3.63, 3.8) is 0 Å². The fourth-order valence-corrected chi connectivity index (χ4v) is 3.97. The van der Waals surface area contributed by atoms with Crippen LogP contribution in [-0.4, -0.2) is 23.5 Å². The highest BCUT2D eigenvalue weighted by Crippen LogP contribution is 2.47. The molecule has 3 aromatic rings. The summed E-state index contributed by atoms with van der Waals surface area (Å²) in [4.78, 5) is 32.5. The monoisotopic (exact) mass is 396 g/mol. The Labute approximate surface area is 164 Å². The molecule has 0 atom stereocenters. The lowest BCUT2D eigenvalue weighted by molar-refractivity contribution is -0.121. The van der Waals surface area contributed by atoms with Gasteiger partial charge in [-0.15, -0.1) is 0 Å². The average Bonchev–Trinajstić information content (AvgIpc) is 2.70. The summed E-state index contributed by atoms with van der Waals surface area (Å²) in [6.45, 7) is -0.402. The number of pyridine rings is 1. The largest absolute Gasteiger partial charge is 0.451 e. The number of hydrogen-bond acceptors (Lipinski definition) is 5. The summed E-state index contributed by atoms with van der Waals surface area (Å²) in [5.41, 5.74) is 1.59. The van der Waals surface area contributed by atoms with Crippen molar-refractivity contribution < 1.29 is 14.3 Å². The summed E-state index contributed by atoms with van der Waals surface area (Å²) in [7, 11) is 0. The Morgan fingerprint density at radius 3 is 2.26 bits per heavy atom. The first kappa shape index (κ1) is 17.6. The lowest BCUT2D eigenvalue weighted by Crippen LogP contribution is -2.32. The number of amides is 1. The molecule has 0 saturated carbocycles. The maximum Gasteiger partial charge on any atom is 0.357 e. The maximum absolute atomic E-state index is 12.9. The predicted molar refractivity (Wildman–Crippen MR) is 104 cm³/mol. The van der Waals surface area contributed by atoms with Crippen LogP contribution < -0.4 is 4.90 Å². The van der Waals surface area contributed by atoms with Crippen molar-refractivity contribution in [1.29, 1.82) is 0 Å². The first-order valence-corrected chi connectivity index (χ1v) is 9.30. The molecule has 1 amide bonds. The number of esters is 1. The highest BCUT2D eigenvalue weighted by atomic mass is 35.5. The van der Waals surface area contributed by atoms with Crippen LogP contribution in [0.1, 0.15) is 10.5 Å². The van der Waals surface area contributed by atoms with Crippen LogP contribution in [0.5, 0.6) is 0 Å². The lowest BCUT2D eigenvalue weighted by atomic mass is 10.2. The molecule has 2 heterocycles. The molecule has 134 valence electrons. The summed E-state index contributed by atoms with van der Waals surface area (Å²) < 4.78 is 5.17. The standard InChI is InChI=1S/C20H13ClN2O3S/c21-13-9-10-22-14(11-13)20(25)26-12-19(24)23-15-5-1-3-7-17(15)27-18-8-4-2-6-16(18)23/h1-11H,12H2. The molecular weight excluding hydrogens is 384 g/mol. The van der Waals surface area contributed by atoms with Crippen LogP contribution in [0.3, 0.4) is 0 Å². The molecule has 27 heavy (non-hydrogen) atoms. The molecule has 0 saturated heterocycles. The fourth-order valence-electron chi connectivity index (χ4n) is 2.76. The second kappa shape index (κ2) is 7.42. The van der Waals surface area contributed by atoms with Gasteiger partial charge in [0.1, 0.15) is 5.69 Å². The van der Waals surface area contributed by atoms with E-state index in [0.29, 0.717) is 5.02 Å². The molecule has 0 unspecified atom stereocenters. The number of nitrogens with zero attached hydrogens (tertiary/aromatic N) is 2. The van der Waals surface area contributed by atoms with Crippen LogP contribution in [0.15, 0.2) is 76.7 Å². The molecule has 7 heteroatoms. The summed E-state index contributed by atoms with van der Waals surface area (Å²) in [5, 5.41) is 0.374. The molecule has 2 aromatic carbocycles. The van der Waals surface area contributed by atoms with Crippen molar-refractivity contribution in [3.8, 4) is 0 Å². The van der Waals surface area contributed by atoms with Crippen molar-refractivity contribution in [2.75, 3.05) is 11.5 Å². The Hall–Kier alpha value is -2.83. The third-order valence-electron chi connectivity index (χ3n) is 3.94. The minimum atomic E-state index is -0.696. The summed E-state index contributed by atoms with van der Waals surface area (Å²) in [6.07, 6.45) is 1.41. The van der Waals surface area contributed by atoms with Crippen LogP contribution in [0, 0.1) is 0 Å². The van der Waals surface area contributed by atoms with Gasteiger partial charge >= 0.3 is 5.97 Å². The van der Waals surface area contributed by atoms with Crippen LogP contribution in [0.25, 0.3) is 0 Å². The van der Waals surface area contributed by atoms with E-state index in [9.17, 15) is 9.59 Å². The zero-order chi connectivity index (χ0) is 18.8. The first-order chi connectivity index (χ1) is 13.1. The molecular formula is C20H13ClN2O3S. The molecule has 1 aromatic heterocycles. The number of aromatic nitrogens is 1. The third kappa shape index (κ3) is 3.54. The highest BCUT2D eigenvalue weighted by Gasteiger charge is 2.28. The molecule has 0 bridgehead atoms. The maximum atomic E-state index is 12.9. The molecule has 1 aliphatic rings. The van der Waals surface area contributed by atoms with E-state index in [1.165, 1.54) is 12.3 Å². The number of fused-ring (bicyclic) bond motifs is 2. The fraction of sp³-hybridized carbons (Fsp3) is 0.0500. The Kier molecular flexibility index (Phi) is 4.83. The molecule has 0 aliphatic carbocycles. The number of ether oxygens (including phenoxy) is 1. The second-order valence-electron chi connectivity index (χ2n) is 5.70. The van der Waals surface area contributed by atoms with E-state index in [4.69, 9.17) is 16.3 Å². The van der Waals surface area contributed by atoms with Crippen LogP contribution in [-0.2, 0) is 9.53 Å². The smallest absolute Gasteiger partial charge is 0.357 e. The Bertz CT molecular complexity index is 995. The number of benzene rings is 2. The number of para-hydroxylation sites is 2. The molecule has 4 rings (SSSR count). The number of anilines is 2. The zero-order valence-corrected chi connectivity index (χ0v) is 15.5. The van der Waals surface area contributed by atoms with Crippen molar-refractivity contribution in [2.24, 2.45) is 0 Å². The van der Waals surface area contributed by atoms with E-state index in [-0.39, 0.29) is 11.6 Å². The van der Waals surface area contributed by atoms with E-state index in [2.05, 4.69) is 4.98 Å². The topological polar surface area (TPSA) is 59.5 Å². The molecule has 0 N–H and O–H groups in total. The van der Waals surface area contributed by atoms with E-state index in [0.717, 1.165) is 21.2 Å². The summed E-state index contributed by atoms with van der Waals surface area (Å²) >= 11 is 7.46. The molecule has 0 fully saturated rings. The Morgan fingerprint density at radius 2 is 1.63 bits per heavy atom. The summed E-state index contributed by atoms with van der Waals surface area (Å²) in [6, 6.07) is 18.2. The lowest BCUT2D eigenvalue weighted by Gasteiger charge is -2.30. The minimum absolute atomic E-state index is 0.0605. The van der Waals surface area contributed by atoms with Crippen molar-refractivity contribution in [1.82, 2.24) is 4.98 Å². The van der Waals surface area contributed by atoms with Gasteiger partial charge in [-0.25, -0.2) is 9.78 Å². The molecule has 0 radical (unpaired) electrons. The van der Waals surface area contributed by atoms with Gasteiger partial charge in [0.2, 0.25) is 0 Å². The van der Waals surface area contributed by atoms with E-state index in [1.807, 2.05) is 48.5 Å². The normalized spacial score (nSPS) is 12.1. The van der Waals surface area contributed by atoms with Gasteiger partial charge < -0.3 is 4.74 Å². The van der Waals surface area contributed by atoms with Gasteiger partial charge in [0, 0.05) is 21.0 Å². The molecule has 0 spiro atoms. The summed E-state index contributed by atoms with van der Waals surface area (Å²) in [5.74, 6) is -1.04. The highest BCUT2D eigenvalue weighted by molar-refractivity contribution is 7.99. The van der Waals surface area contributed by atoms with Gasteiger partial charge in [0.25, 0.3) is 5.91 Å². The predicted octanol–water partition coefficient (Wildman–Crippen LogP) is 4.72. The number of carbonyl (C=O) groups excluding carboxylic acids is 2. The van der Waals surface area contributed by atoms with Crippen molar-refractivity contribution in [2.45, 2.75) is 9.79 Å². The zero-order valence-electron chi connectivity index (χ0n) is 14.0.